The van der Waals surface area contributed by atoms with Crippen molar-refractivity contribution in [1.82, 2.24) is 15.0 Å². The molecule has 1 amide bonds. The van der Waals surface area contributed by atoms with E-state index in [1.165, 1.54) is 16.0 Å². The van der Waals surface area contributed by atoms with Crippen LogP contribution >= 0.6 is 11.8 Å². The smallest absolute Gasteiger partial charge is 0.236 e. The van der Waals surface area contributed by atoms with Gasteiger partial charge in [-0.15, -0.1) is 11.8 Å². The van der Waals surface area contributed by atoms with Crippen molar-refractivity contribution < 1.29 is 9.32 Å². The van der Waals surface area contributed by atoms with E-state index in [0.717, 1.165) is 25.8 Å². The maximum Gasteiger partial charge on any atom is 0.236 e. The average molecular weight is 343 g/mol. The number of aromatic nitrogens is 2. The molecule has 0 aliphatic carbocycles. The third-order valence-corrected chi connectivity index (χ3v) is 6.09. The zero-order chi connectivity index (χ0) is 16.7. The molecule has 5 nitrogen and oxygen atoms in total. The summed E-state index contributed by atoms with van der Waals surface area (Å²) in [5, 5.41) is 3.89. The van der Waals surface area contributed by atoms with Crippen molar-refractivity contribution in [2.75, 3.05) is 13.1 Å². The van der Waals surface area contributed by atoms with Gasteiger partial charge >= 0.3 is 0 Å². The fourth-order valence-corrected chi connectivity index (χ4v) is 4.91. The Balaban J connectivity index is 1.45. The van der Waals surface area contributed by atoms with Crippen molar-refractivity contribution in [2.24, 2.45) is 0 Å². The molecular formula is C18H21N3O2S. The minimum Gasteiger partial charge on any atom is -0.341 e. The zero-order valence-electron chi connectivity index (χ0n) is 14.0. The van der Waals surface area contributed by atoms with E-state index in [4.69, 9.17) is 4.52 Å². The summed E-state index contributed by atoms with van der Waals surface area (Å²) in [5.41, 5.74) is 2.55. The molecule has 1 fully saturated rings. The maximum absolute atomic E-state index is 13.0. The van der Waals surface area contributed by atoms with Gasteiger partial charge in [-0.25, -0.2) is 0 Å². The summed E-state index contributed by atoms with van der Waals surface area (Å²) < 4.78 is 5.32. The molecule has 24 heavy (non-hydrogen) atoms. The first-order valence-corrected chi connectivity index (χ1v) is 9.33. The van der Waals surface area contributed by atoms with Crippen LogP contribution in [0.25, 0.3) is 0 Å². The molecule has 3 heterocycles. The Bertz CT molecular complexity index is 773. The monoisotopic (exact) mass is 343 g/mol. The first-order valence-electron chi connectivity index (χ1n) is 8.45. The summed E-state index contributed by atoms with van der Waals surface area (Å²) in [4.78, 5) is 20.6. The second kappa shape index (κ2) is 6.24. The van der Waals surface area contributed by atoms with Gasteiger partial charge in [0.2, 0.25) is 11.8 Å². The van der Waals surface area contributed by atoms with Crippen LogP contribution in [0, 0.1) is 13.8 Å². The summed E-state index contributed by atoms with van der Waals surface area (Å²) in [6, 6.07) is 6.47. The van der Waals surface area contributed by atoms with Crippen LogP contribution in [0.5, 0.6) is 0 Å². The van der Waals surface area contributed by atoms with E-state index in [1.54, 1.807) is 11.8 Å². The van der Waals surface area contributed by atoms with E-state index in [2.05, 4.69) is 35.3 Å². The highest BCUT2D eigenvalue weighted by Gasteiger charge is 2.35. The molecule has 1 aromatic heterocycles. The van der Waals surface area contributed by atoms with Crippen LogP contribution in [0.1, 0.15) is 41.6 Å². The fraction of sp³-hybridized carbons (Fsp3) is 0.500. The van der Waals surface area contributed by atoms with E-state index >= 15 is 0 Å². The third-order valence-electron chi connectivity index (χ3n) is 4.80. The molecule has 4 rings (SSSR count). The average Bonchev–Trinajstić information content (AvgIpc) is 3.20. The number of carbonyl (C=O) groups excluding carboxylic acids is 1. The van der Waals surface area contributed by atoms with Gasteiger partial charge in [0, 0.05) is 18.0 Å². The van der Waals surface area contributed by atoms with Gasteiger partial charge in [0.25, 0.3) is 0 Å². The largest absolute Gasteiger partial charge is 0.341 e. The molecule has 1 aromatic carbocycles. The van der Waals surface area contributed by atoms with Crippen molar-refractivity contribution in [3.05, 3.63) is 41.0 Å². The highest BCUT2D eigenvalue weighted by atomic mass is 32.2. The van der Waals surface area contributed by atoms with Gasteiger partial charge in [0.05, 0.1) is 11.2 Å². The molecule has 2 aliphatic heterocycles. The minimum absolute atomic E-state index is 0.00460. The lowest BCUT2D eigenvalue weighted by atomic mass is 9.97. The molecule has 0 N–H and O–H groups in total. The third kappa shape index (κ3) is 2.95. The minimum atomic E-state index is 0.00460. The number of piperidine rings is 1. The highest BCUT2D eigenvalue weighted by Crippen LogP contribution is 2.39. The molecule has 0 bridgehead atoms. The van der Waals surface area contributed by atoms with Crippen molar-refractivity contribution >= 4 is 17.7 Å². The Morgan fingerprint density at radius 1 is 1.38 bits per heavy atom. The van der Waals surface area contributed by atoms with E-state index in [-0.39, 0.29) is 17.1 Å². The zero-order valence-corrected chi connectivity index (χ0v) is 14.8. The van der Waals surface area contributed by atoms with Crippen molar-refractivity contribution in [3.8, 4) is 0 Å². The van der Waals surface area contributed by atoms with Crippen LogP contribution in [-0.2, 0) is 11.2 Å². The van der Waals surface area contributed by atoms with Crippen LogP contribution in [0.3, 0.4) is 0 Å². The Labute approximate surface area is 145 Å². The van der Waals surface area contributed by atoms with Gasteiger partial charge in [-0.3, -0.25) is 4.79 Å². The molecule has 0 radical (unpaired) electrons. The number of amides is 1. The summed E-state index contributed by atoms with van der Waals surface area (Å²) >= 11 is 1.71. The SMILES string of the molecule is Cc1ccc2c(c1)S[C@@H](C(=O)N1CCC[C@H](c3nc(C)no3)C1)C2. The van der Waals surface area contributed by atoms with Crippen LogP contribution in [0.4, 0.5) is 0 Å². The fourth-order valence-electron chi connectivity index (χ4n) is 3.53. The van der Waals surface area contributed by atoms with Crippen LogP contribution in [0.2, 0.25) is 0 Å². The van der Waals surface area contributed by atoms with Crippen molar-refractivity contribution in [3.63, 3.8) is 0 Å². The Morgan fingerprint density at radius 3 is 3.04 bits per heavy atom. The number of hydrogen-bond acceptors (Lipinski definition) is 5. The Kier molecular flexibility index (Phi) is 4.08. The number of carbonyl (C=O) groups is 1. The topological polar surface area (TPSA) is 59.2 Å². The number of rotatable bonds is 2. The standard InChI is InChI=1S/C18H21N3O2S/c1-11-5-6-13-9-16(24-15(13)8-11)18(22)21-7-3-4-14(10-21)17-19-12(2)20-23-17/h5-6,8,14,16H,3-4,7,9-10H2,1-2H3/t14-,16+/m0/s1. The number of thioether (sulfide) groups is 1. The number of likely N-dealkylation sites (tertiary alicyclic amines) is 1. The maximum atomic E-state index is 13.0. The number of aryl methyl sites for hydroxylation is 2. The van der Waals surface area contributed by atoms with E-state index in [1.807, 2.05) is 11.8 Å². The number of benzene rings is 1. The molecule has 1 saturated heterocycles. The molecule has 0 unspecified atom stereocenters. The lowest BCUT2D eigenvalue weighted by Crippen LogP contribution is -2.43. The highest BCUT2D eigenvalue weighted by molar-refractivity contribution is 8.01. The van der Waals surface area contributed by atoms with E-state index in [9.17, 15) is 4.79 Å². The Hall–Kier alpha value is -1.82. The summed E-state index contributed by atoms with van der Waals surface area (Å²) in [7, 11) is 0. The first kappa shape index (κ1) is 15.7. The predicted molar refractivity (Wildman–Crippen MR) is 92.1 cm³/mol. The molecule has 0 spiro atoms. The molecule has 0 saturated carbocycles. The normalized spacial score (nSPS) is 23.3. The van der Waals surface area contributed by atoms with Crippen molar-refractivity contribution in [2.45, 2.75) is 49.2 Å². The molecule has 6 heteroatoms. The molecule has 2 atom stereocenters. The van der Waals surface area contributed by atoms with Gasteiger partial charge in [-0.2, -0.15) is 4.98 Å². The quantitative estimate of drug-likeness (QED) is 0.838. The van der Waals surface area contributed by atoms with E-state index < -0.39 is 0 Å². The van der Waals surface area contributed by atoms with Gasteiger partial charge in [0.1, 0.15) is 0 Å². The van der Waals surface area contributed by atoms with Gasteiger partial charge in [-0.1, -0.05) is 22.9 Å². The second-order valence-corrected chi connectivity index (χ2v) is 7.97. The summed E-state index contributed by atoms with van der Waals surface area (Å²) in [6.45, 7) is 5.44. The van der Waals surface area contributed by atoms with Crippen LogP contribution in [-0.4, -0.2) is 39.3 Å². The van der Waals surface area contributed by atoms with Gasteiger partial charge in [0.15, 0.2) is 5.82 Å². The molecule has 2 aromatic rings. The predicted octanol–water partition coefficient (Wildman–Crippen LogP) is 3.11. The van der Waals surface area contributed by atoms with Gasteiger partial charge in [-0.05, 0) is 44.7 Å². The van der Waals surface area contributed by atoms with Gasteiger partial charge < -0.3 is 9.42 Å². The first-order chi connectivity index (χ1) is 11.6. The summed E-state index contributed by atoms with van der Waals surface area (Å²) in [6.07, 6.45) is 2.82. The Morgan fingerprint density at radius 2 is 2.25 bits per heavy atom. The van der Waals surface area contributed by atoms with Crippen LogP contribution < -0.4 is 0 Å². The lowest BCUT2D eigenvalue weighted by Gasteiger charge is -2.32. The molecule has 2 aliphatic rings. The number of fused-ring (bicyclic) bond motifs is 1. The van der Waals surface area contributed by atoms with Crippen molar-refractivity contribution in [1.29, 1.82) is 0 Å². The summed E-state index contributed by atoms with van der Waals surface area (Å²) in [5.74, 6) is 1.74. The lowest BCUT2D eigenvalue weighted by molar-refractivity contribution is -0.131. The molecular weight excluding hydrogens is 322 g/mol. The van der Waals surface area contributed by atoms with E-state index in [0.29, 0.717) is 18.3 Å². The number of nitrogens with zero attached hydrogens (tertiary/aromatic N) is 3. The molecule has 126 valence electrons. The number of hydrogen-bond donors (Lipinski definition) is 0. The second-order valence-electron chi connectivity index (χ2n) is 6.73. The van der Waals surface area contributed by atoms with Crippen LogP contribution in [0.15, 0.2) is 27.6 Å².